The molecule has 31 heavy (non-hydrogen) atoms. The smallest absolute Gasteiger partial charge is 0.325 e. The minimum Gasteiger partial charge on any atom is -0.497 e. The van der Waals surface area contributed by atoms with Crippen LogP contribution in [0, 0.1) is 0 Å². The standard InChI is InChI=1S/C19H19ClN2O7S2/c1-27-11-6-13(20)19(15(7-11)28-2)21-31(25,26)12-4-5-16-14(8-12)22(9-18(24)29-3)17(23)10-30-16/h4-8,21H,9-10H2,1-3H3. The Morgan fingerprint density at radius 2 is 1.94 bits per heavy atom. The summed E-state index contributed by atoms with van der Waals surface area (Å²) >= 11 is 7.48. The van der Waals surface area contributed by atoms with Gasteiger partial charge < -0.3 is 14.2 Å². The zero-order chi connectivity index (χ0) is 22.8. The molecule has 3 rings (SSSR count). The van der Waals surface area contributed by atoms with Gasteiger partial charge in [0, 0.05) is 17.0 Å². The van der Waals surface area contributed by atoms with E-state index in [0.29, 0.717) is 16.3 Å². The summed E-state index contributed by atoms with van der Waals surface area (Å²) < 4.78 is 43.5. The highest BCUT2D eigenvalue weighted by atomic mass is 35.5. The Morgan fingerprint density at radius 1 is 1.19 bits per heavy atom. The summed E-state index contributed by atoms with van der Waals surface area (Å²) in [7, 11) is -0.0873. The molecule has 9 nitrogen and oxygen atoms in total. The molecule has 0 spiro atoms. The van der Waals surface area contributed by atoms with E-state index in [9.17, 15) is 18.0 Å². The number of sulfonamides is 1. The van der Waals surface area contributed by atoms with Crippen LogP contribution in [0.1, 0.15) is 0 Å². The van der Waals surface area contributed by atoms with Crippen molar-refractivity contribution in [3.05, 3.63) is 35.4 Å². The number of nitrogens with one attached hydrogen (secondary N) is 1. The van der Waals surface area contributed by atoms with Crippen LogP contribution in [0.4, 0.5) is 11.4 Å². The minimum absolute atomic E-state index is 0.0413. The monoisotopic (exact) mass is 486 g/mol. The van der Waals surface area contributed by atoms with Crippen molar-refractivity contribution >= 4 is 56.6 Å². The first-order valence-electron chi connectivity index (χ1n) is 8.78. The number of halogens is 1. The van der Waals surface area contributed by atoms with Crippen LogP contribution in [-0.2, 0) is 24.3 Å². The zero-order valence-electron chi connectivity index (χ0n) is 16.8. The van der Waals surface area contributed by atoms with Crippen molar-refractivity contribution in [3.63, 3.8) is 0 Å². The summed E-state index contributed by atoms with van der Waals surface area (Å²) in [5.41, 5.74) is 0.349. The molecule has 1 aliphatic rings. The van der Waals surface area contributed by atoms with Gasteiger partial charge in [0.05, 0.1) is 42.7 Å². The molecule has 12 heteroatoms. The van der Waals surface area contributed by atoms with Gasteiger partial charge in [-0.1, -0.05) is 11.6 Å². The van der Waals surface area contributed by atoms with Crippen molar-refractivity contribution in [2.75, 3.05) is 43.2 Å². The quantitative estimate of drug-likeness (QED) is 0.595. The number of hydrogen-bond acceptors (Lipinski definition) is 8. The molecule has 0 atom stereocenters. The van der Waals surface area contributed by atoms with Gasteiger partial charge in [-0.25, -0.2) is 8.42 Å². The lowest BCUT2D eigenvalue weighted by Crippen LogP contribution is -2.39. The molecule has 0 bridgehead atoms. The van der Waals surface area contributed by atoms with Crippen LogP contribution >= 0.6 is 23.4 Å². The lowest BCUT2D eigenvalue weighted by Gasteiger charge is -2.28. The summed E-state index contributed by atoms with van der Waals surface area (Å²) in [4.78, 5) is 25.8. The number of nitrogens with zero attached hydrogens (tertiary/aromatic N) is 1. The second-order valence-electron chi connectivity index (χ2n) is 6.27. The molecule has 2 aromatic carbocycles. The van der Waals surface area contributed by atoms with Crippen LogP contribution < -0.4 is 19.1 Å². The molecule has 0 fully saturated rings. The van der Waals surface area contributed by atoms with Crippen LogP contribution in [0.2, 0.25) is 5.02 Å². The molecule has 0 unspecified atom stereocenters. The molecular formula is C19H19ClN2O7S2. The van der Waals surface area contributed by atoms with Gasteiger partial charge in [0.2, 0.25) is 5.91 Å². The highest BCUT2D eigenvalue weighted by Crippen LogP contribution is 2.40. The SMILES string of the molecule is COC(=O)CN1C(=O)CSc2ccc(S(=O)(=O)Nc3c(Cl)cc(OC)cc3OC)cc21. The van der Waals surface area contributed by atoms with Crippen molar-refractivity contribution in [2.45, 2.75) is 9.79 Å². The highest BCUT2D eigenvalue weighted by Gasteiger charge is 2.29. The number of methoxy groups -OCH3 is 3. The fraction of sp³-hybridized carbons (Fsp3) is 0.263. The van der Waals surface area contributed by atoms with E-state index in [1.54, 1.807) is 6.07 Å². The number of rotatable bonds is 7. The Morgan fingerprint density at radius 3 is 2.58 bits per heavy atom. The highest BCUT2D eigenvalue weighted by molar-refractivity contribution is 8.00. The van der Waals surface area contributed by atoms with E-state index in [1.807, 2.05) is 0 Å². The third-order valence-corrected chi connectivity index (χ3v) is 7.11. The summed E-state index contributed by atoms with van der Waals surface area (Å²) in [6.07, 6.45) is 0. The van der Waals surface area contributed by atoms with Crippen molar-refractivity contribution in [1.82, 2.24) is 0 Å². The van der Waals surface area contributed by atoms with Gasteiger partial charge in [0.25, 0.3) is 10.0 Å². The van der Waals surface area contributed by atoms with E-state index in [4.69, 9.17) is 21.1 Å². The fourth-order valence-electron chi connectivity index (χ4n) is 2.85. The molecule has 2 aromatic rings. The molecule has 1 aliphatic heterocycles. The zero-order valence-corrected chi connectivity index (χ0v) is 19.2. The van der Waals surface area contributed by atoms with E-state index in [0.717, 1.165) is 0 Å². The van der Waals surface area contributed by atoms with E-state index < -0.39 is 16.0 Å². The predicted molar refractivity (Wildman–Crippen MR) is 117 cm³/mol. The number of carbonyl (C=O) groups excluding carboxylic acids is 2. The van der Waals surface area contributed by atoms with Crippen molar-refractivity contribution in [2.24, 2.45) is 0 Å². The number of ether oxygens (including phenoxy) is 3. The molecule has 1 heterocycles. The molecule has 1 N–H and O–H groups in total. The van der Waals surface area contributed by atoms with E-state index in [-0.39, 0.29) is 39.6 Å². The van der Waals surface area contributed by atoms with Gasteiger partial charge >= 0.3 is 5.97 Å². The molecule has 0 aromatic heterocycles. The van der Waals surface area contributed by atoms with Gasteiger partial charge in [0.1, 0.15) is 23.7 Å². The van der Waals surface area contributed by atoms with Crippen molar-refractivity contribution < 1.29 is 32.2 Å². The maximum Gasteiger partial charge on any atom is 0.325 e. The third-order valence-electron chi connectivity index (χ3n) is 4.42. The van der Waals surface area contributed by atoms with E-state index >= 15 is 0 Å². The van der Waals surface area contributed by atoms with Gasteiger partial charge in [0.15, 0.2) is 0 Å². The first-order valence-corrected chi connectivity index (χ1v) is 11.6. The maximum absolute atomic E-state index is 13.1. The number of thioether (sulfide) groups is 1. The summed E-state index contributed by atoms with van der Waals surface area (Å²) in [5.74, 6) is -0.249. The summed E-state index contributed by atoms with van der Waals surface area (Å²) in [5, 5.41) is 0.0794. The lowest BCUT2D eigenvalue weighted by atomic mass is 10.2. The molecular weight excluding hydrogens is 468 g/mol. The minimum atomic E-state index is -4.12. The Kier molecular flexibility index (Phi) is 6.87. The van der Waals surface area contributed by atoms with Crippen LogP contribution in [0.5, 0.6) is 11.5 Å². The van der Waals surface area contributed by atoms with Crippen LogP contribution in [0.3, 0.4) is 0 Å². The topological polar surface area (TPSA) is 111 Å². The number of amides is 1. The Balaban J connectivity index is 2.00. The molecule has 1 amide bonds. The van der Waals surface area contributed by atoms with Gasteiger partial charge in [-0.15, -0.1) is 11.8 Å². The second kappa shape index (κ2) is 9.25. The number of hydrogen-bond donors (Lipinski definition) is 1. The first-order chi connectivity index (χ1) is 14.7. The number of carbonyl (C=O) groups is 2. The van der Waals surface area contributed by atoms with Gasteiger partial charge in [-0.3, -0.25) is 19.2 Å². The normalized spacial score (nSPS) is 13.4. The average Bonchev–Trinajstić information content (AvgIpc) is 2.76. The van der Waals surface area contributed by atoms with Crippen LogP contribution in [0.25, 0.3) is 0 Å². The van der Waals surface area contributed by atoms with Gasteiger partial charge in [-0.05, 0) is 18.2 Å². The molecule has 0 saturated carbocycles. The Labute approximate surface area is 188 Å². The Hall–Kier alpha value is -2.63. The number of esters is 1. The van der Waals surface area contributed by atoms with Crippen molar-refractivity contribution in [1.29, 1.82) is 0 Å². The van der Waals surface area contributed by atoms with E-state index in [2.05, 4.69) is 9.46 Å². The van der Waals surface area contributed by atoms with Gasteiger partial charge in [-0.2, -0.15) is 0 Å². The summed E-state index contributed by atoms with van der Waals surface area (Å²) in [6.45, 7) is -0.321. The number of anilines is 2. The van der Waals surface area contributed by atoms with Crippen LogP contribution in [0.15, 0.2) is 40.1 Å². The number of fused-ring (bicyclic) bond motifs is 1. The molecule has 0 aliphatic carbocycles. The lowest BCUT2D eigenvalue weighted by molar-refractivity contribution is -0.139. The summed E-state index contributed by atoms with van der Waals surface area (Å²) in [6, 6.07) is 7.25. The van der Waals surface area contributed by atoms with E-state index in [1.165, 1.54) is 62.3 Å². The Bertz CT molecular complexity index is 1140. The largest absolute Gasteiger partial charge is 0.497 e. The maximum atomic E-state index is 13.1. The first kappa shape index (κ1) is 23.0. The predicted octanol–water partition coefficient (Wildman–Crippen LogP) is 2.77. The molecule has 166 valence electrons. The molecule has 0 saturated heterocycles. The fourth-order valence-corrected chi connectivity index (χ4v) is 5.18. The van der Waals surface area contributed by atoms with Crippen molar-refractivity contribution in [3.8, 4) is 11.5 Å². The molecule has 0 radical (unpaired) electrons. The third kappa shape index (κ3) is 4.83. The van der Waals surface area contributed by atoms with Crippen LogP contribution in [-0.4, -0.2) is 53.9 Å². The number of benzene rings is 2. The average molecular weight is 487 g/mol. The second-order valence-corrected chi connectivity index (χ2v) is 9.37.